The fourth-order valence-corrected chi connectivity index (χ4v) is 2.08. The molecule has 1 aromatic carbocycles. The van der Waals surface area contributed by atoms with E-state index in [0.29, 0.717) is 11.4 Å². The number of pyridine rings is 1. The Bertz CT molecular complexity index is 751. The van der Waals surface area contributed by atoms with E-state index in [1.54, 1.807) is 22.8 Å². The largest absolute Gasteiger partial charge is 0.384 e. The first-order valence-electron chi connectivity index (χ1n) is 5.53. The molecule has 4 heteroatoms. The van der Waals surface area contributed by atoms with Gasteiger partial charge in [0.05, 0.1) is 17.3 Å². The van der Waals surface area contributed by atoms with Gasteiger partial charge in [0.15, 0.2) is 0 Å². The molecule has 2 N–H and O–H groups in total. The van der Waals surface area contributed by atoms with Crippen LogP contribution in [0.1, 0.15) is 5.56 Å². The van der Waals surface area contributed by atoms with Crippen LogP contribution in [0.25, 0.3) is 16.6 Å². The summed E-state index contributed by atoms with van der Waals surface area (Å²) in [7, 11) is 0. The Balaban J connectivity index is 2.40. The van der Waals surface area contributed by atoms with Crippen molar-refractivity contribution in [3.63, 3.8) is 0 Å². The molecule has 18 heavy (non-hydrogen) atoms. The van der Waals surface area contributed by atoms with Crippen molar-refractivity contribution in [1.29, 1.82) is 5.26 Å². The van der Waals surface area contributed by atoms with Gasteiger partial charge >= 0.3 is 0 Å². The lowest BCUT2D eigenvalue weighted by Crippen LogP contribution is -2.01. The number of hydrogen-bond donors (Lipinski definition) is 1. The highest BCUT2D eigenvalue weighted by Crippen LogP contribution is 2.28. The second kappa shape index (κ2) is 3.90. The molecule has 3 rings (SSSR count). The number of rotatable bonds is 1. The number of hydrogen-bond acceptors (Lipinski definition) is 3. The van der Waals surface area contributed by atoms with E-state index in [2.05, 4.69) is 11.2 Å². The Morgan fingerprint density at radius 3 is 2.67 bits per heavy atom. The van der Waals surface area contributed by atoms with Gasteiger partial charge in [-0.15, -0.1) is 0 Å². The second-order valence-corrected chi connectivity index (χ2v) is 3.96. The van der Waals surface area contributed by atoms with Crippen molar-refractivity contribution in [2.24, 2.45) is 0 Å². The summed E-state index contributed by atoms with van der Waals surface area (Å²) in [5.74, 6) is 0.521. The van der Waals surface area contributed by atoms with E-state index in [9.17, 15) is 5.26 Å². The minimum Gasteiger partial charge on any atom is -0.384 e. The maximum atomic E-state index is 9.36. The summed E-state index contributed by atoms with van der Waals surface area (Å²) < 4.78 is 1.57. The molecule has 0 saturated carbocycles. The molecule has 2 heterocycles. The number of anilines is 1. The van der Waals surface area contributed by atoms with E-state index in [4.69, 9.17) is 5.73 Å². The lowest BCUT2D eigenvalue weighted by molar-refractivity contribution is 0.972. The minimum absolute atomic E-state index is 0.521. The van der Waals surface area contributed by atoms with E-state index in [1.165, 1.54) is 0 Å². The van der Waals surface area contributed by atoms with Crippen molar-refractivity contribution in [3.05, 3.63) is 54.2 Å². The van der Waals surface area contributed by atoms with Gasteiger partial charge in [0, 0.05) is 5.56 Å². The van der Waals surface area contributed by atoms with Crippen molar-refractivity contribution in [2.45, 2.75) is 0 Å². The van der Waals surface area contributed by atoms with Gasteiger partial charge in [0.25, 0.3) is 0 Å². The molecule has 0 aliphatic rings. The van der Waals surface area contributed by atoms with E-state index in [-0.39, 0.29) is 0 Å². The highest BCUT2D eigenvalue weighted by Gasteiger charge is 2.12. The quantitative estimate of drug-likeness (QED) is 0.703. The van der Waals surface area contributed by atoms with E-state index < -0.39 is 0 Å². The molecule has 0 bridgehead atoms. The lowest BCUT2D eigenvalue weighted by Gasteiger charge is -2.08. The smallest absolute Gasteiger partial charge is 0.126 e. The van der Waals surface area contributed by atoms with Gasteiger partial charge in [-0.1, -0.05) is 30.3 Å². The first-order valence-corrected chi connectivity index (χ1v) is 5.53. The second-order valence-electron chi connectivity index (χ2n) is 3.96. The number of nitrogens with two attached hydrogens (primary N) is 1. The van der Waals surface area contributed by atoms with Gasteiger partial charge in [-0.05, 0) is 17.7 Å². The molecule has 0 amide bonds. The normalized spacial score (nSPS) is 10.4. The number of nitrogen functional groups attached to an aromatic ring is 1. The van der Waals surface area contributed by atoms with Crippen LogP contribution in [-0.4, -0.2) is 9.61 Å². The Kier molecular flexibility index (Phi) is 2.24. The Labute approximate surface area is 104 Å². The van der Waals surface area contributed by atoms with Gasteiger partial charge in [-0.3, -0.25) is 0 Å². The third-order valence-electron chi connectivity index (χ3n) is 2.90. The molecule has 0 aliphatic carbocycles. The molecule has 3 aromatic rings. The average Bonchev–Trinajstić information content (AvgIpc) is 2.89. The van der Waals surface area contributed by atoms with Crippen LogP contribution in [-0.2, 0) is 0 Å². The van der Waals surface area contributed by atoms with Crippen LogP contribution >= 0.6 is 0 Å². The zero-order valence-corrected chi connectivity index (χ0v) is 9.54. The molecule has 86 valence electrons. The topological polar surface area (TPSA) is 67.1 Å². The van der Waals surface area contributed by atoms with Crippen molar-refractivity contribution in [3.8, 4) is 17.2 Å². The Morgan fingerprint density at radius 2 is 1.94 bits per heavy atom. The van der Waals surface area contributed by atoms with Crippen molar-refractivity contribution >= 4 is 11.3 Å². The Morgan fingerprint density at radius 1 is 1.17 bits per heavy atom. The number of nitriles is 1. The maximum absolute atomic E-state index is 9.36. The van der Waals surface area contributed by atoms with Gasteiger partial charge in [-0.2, -0.15) is 10.4 Å². The van der Waals surface area contributed by atoms with E-state index in [0.717, 1.165) is 16.6 Å². The maximum Gasteiger partial charge on any atom is 0.126 e. The van der Waals surface area contributed by atoms with E-state index in [1.807, 2.05) is 30.3 Å². The first-order chi connectivity index (χ1) is 8.81. The first kappa shape index (κ1) is 10.4. The summed E-state index contributed by atoms with van der Waals surface area (Å²) in [6.07, 6.45) is 1.64. The molecule has 0 atom stereocenters. The van der Waals surface area contributed by atoms with Crippen LogP contribution in [0.3, 0.4) is 0 Å². The monoisotopic (exact) mass is 234 g/mol. The van der Waals surface area contributed by atoms with Crippen molar-refractivity contribution in [1.82, 2.24) is 9.61 Å². The van der Waals surface area contributed by atoms with Crippen LogP contribution in [0.2, 0.25) is 0 Å². The molecular formula is C14H10N4. The van der Waals surface area contributed by atoms with Gasteiger partial charge in [0.1, 0.15) is 11.9 Å². The molecular weight excluding hydrogens is 224 g/mol. The summed E-state index contributed by atoms with van der Waals surface area (Å²) >= 11 is 0. The zero-order valence-electron chi connectivity index (χ0n) is 9.54. The van der Waals surface area contributed by atoms with Gasteiger partial charge in [-0.25, -0.2) is 4.52 Å². The van der Waals surface area contributed by atoms with Crippen LogP contribution in [0.5, 0.6) is 0 Å². The van der Waals surface area contributed by atoms with Crippen LogP contribution in [0, 0.1) is 11.3 Å². The van der Waals surface area contributed by atoms with Crippen molar-refractivity contribution < 1.29 is 0 Å². The van der Waals surface area contributed by atoms with Crippen molar-refractivity contribution in [2.75, 3.05) is 5.73 Å². The van der Waals surface area contributed by atoms with E-state index >= 15 is 0 Å². The third kappa shape index (κ3) is 1.42. The molecule has 0 saturated heterocycles. The molecule has 0 fully saturated rings. The number of benzene rings is 1. The van der Waals surface area contributed by atoms with Crippen LogP contribution in [0.4, 0.5) is 5.82 Å². The van der Waals surface area contributed by atoms with Gasteiger partial charge in [0.2, 0.25) is 0 Å². The molecule has 0 aliphatic heterocycles. The number of nitrogens with zero attached hydrogens (tertiary/aromatic N) is 3. The summed E-state index contributed by atoms with van der Waals surface area (Å²) in [6, 6.07) is 15.6. The number of fused-ring (bicyclic) bond motifs is 1. The fourth-order valence-electron chi connectivity index (χ4n) is 2.08. The lowest BCUT2D eigenvalue weighted by atomic mass is 10.0. The summed E-state index contributed by atoms with van der Waals surface area (Å²) in [5.41, 5.74) is 9.09. The average molecular weight is 234 g/mol. The van der Waals surface area contributed by atoms with Crippen LogP contribution < -0.4 is 5.73 Å². The minimum atomic E-state index is 0.521. The summed E-state index contributed by atoms with van der Waals surface area (Å²) in [5, 5.41) is 13.5. The molecule has 4 nitrogen and oxygen atoms in total. The predicted molar refractivity (Wildman–Crippen MR) is 69.8 cm³/mol. The molecule has 2 aromatic heterocycles. The highest BCUT2D eigenvalue weighted by atomic mass is 15.2. The fraction of sp³-hybridized carbons (Fsp3) is 0. The third-order valence-corrected chi connectivity index (χ3v) is 2.90. The summed E-state index contributed by atoms with van der Waals surface area (Å²) in [6.45, 7) is 0. The predicted octanol–water partition coefficient (Wildman–Crippen LogP) is 2.46. The number of aromatic nitrogens is 2. The Hall–Kier alpha value is -2.80. The van der Waals surface area contributed by atoms with Gasteiger partial charge < -0.3 is 5.73 Å². The molecule has 0 spiro atoms. The standard InChI is InChI=1S/C14H10N4/c15-9-12-11(10-4-2-1-3-5-10)8-14(16)18-13(12)6-7-17-18/h1-8H,16H2. The highest BCUT2D eigenvalue weighted by molar-refractivity contribution is 5.81. The van der Waals surface area contributed by atoms with Crippen LogP contribution in [0.15, 0.2) is 48.7 Å². The summed E-state index contributed by atoms with van der Waals surface area (Å²) in [4.78, 5) is 0. The SMILES string of the molecule is N#Cc1c(-c2ccccc2)cc(N)n2nccc12. The molecule has 0 radical (unpaired) electrons. The zero-order chi connectivity index (χ0) is 12.5. The molecule has 0 unspecified atom stereocenters.